The highest BCUT2D eigenvalue weighted by atomic mass is 32.2. The van der Waals surface area contributed by atoms with Gasteiger partial charge in [0.25, 0.3) is 0 Å². The maximum absolute atomic E-state index is 9.73. The molecule has 1 N–H and O–H groups in total. The number of rotatable bonds is 4. The number of hydrogen-bond acceptors (Lipinski definition) is 3. The fourth-order valence-corrected chi connectivity index (χ4v) is 2.11. The van der Waals surface area contributed by atoms with Crippen LogP contribution in [0.4, 0.5) is 0 Å². The lowest BCUT2D eigenvalue weighted by Gasteiger charge is -2.35. The molecule has 1 fully saturated rings. The molecule has 0 bridgehead atoms. The Labute approximate surface area is 85.7 Å². The van der Waals surface area contributed by atoms with Crippen molar-refractivity contribution in [1.82, 2.24) is 4.90 Å². The summed E-state index contributed by atoms with van der Waals surface area (Å²) in [6.07, 6.45) is 5.31. The highest BCUT2D eigenvalue weighted by Gasteiger charge is 2.26. The van der Waals surface area contributed by atoms with Crippen molar-refractivity contribution in [3.05, 3.63) is 0 Å². The van der Waals surface area contributed by atoms with Crippen molar-refractivity contribution >= 4 is 11.8 Å². The number of hydrogen-bond donors (Lipinski definition) is 1. The minimum absolute atomic E-state index is 0.393. The molecule has 0 amide bonds. The van der Waals surface area contributed by atoms with Crippen LogP contribution in [0.1, 0.15) is 26.2 Å². The van der Waals surface area contributed by atoms with Gasteiger partial charge in [0, 0.05) is 13.1 Å². The Morgan fingerprint density at radius 3 is 2.54 bits per heavy atom. The molecule has 0 atom stereocenters. The highest BCUT2D eigenvalue weighted by molar-refractivity contribution is 7.98. The van der Waals surface area contributed by atoms with Crippen LogP contribution in [0.3, 0.4) is 0 Å². The number of aliphatic hydroxyl groups is 1. The summed E-state index contributed by atoms with van der Waals surface area (Å²) in [7, 11) is 0. The van der Waals surface area contributed by atoms with Crippen LogP contribution >= 0.6 is 11.8 Å². The molecule has 1 rings (SSSR count). The van der Waals surface area contributed by atoms with Crippen molar-refractivity contribution in [3.8, 4) is 0 Å². The summed E-state index contributed by atoms with van der Waals surface area (Å²) < 4.78 is 0. The lowest BCUT2D eigenvalue weighted by Crippen LogP contribution is -2.42. The molecule has 1 heterocycles. The minimum Gasteiger partial charge on any atom is -0.390 e. The summed E-state index contributed by atoms with van der Waals surface area (Å²) in [6, 6.07) is 0. The predicted molar refractivity (Wildman–Crippen MR) is 59.3 cm³/mol. The van der Waals surface area contributed by atoms with E-state index >= 15 is 0 Å². The predicted octanol–water partition coefficient (Wildman–Crippen LogP) is 1.59. The second kappa shape index (κ2) is 5.23. The Hall–Kier alpha value is 0.270. The molecule has 1 aliphatic heterocycles. The van der Waals surface area contributed by atoms with Crippen molar-refractivity contribution < 1.29 is 5.11 Å². The molecule has 3 heteroatoms. The Morgan fingerprint density at radius 1 is 1.38 bits per heavy atom. The SMILES string of the molecule is CSCCCN1CCC(C)(O)CC1. The first-order valence-electron chi connectivity index (χ1n) is 5.08. The lowest BCUT2D eigenvalue weighted by atomic mass is 9.94. The van der Waals surface area contributed by atoms with Gasteiger partial charge in [-0.3, -0.25) is 0 Å². The Kier molecular flexibility index (Phi) is 4.56. The van der Waals surface area contributed by atoms with Gasteiger partial charge >= 0.3 is 0 Å². The van der Waals surface area contributed by atoms with Gasteiger partial charge in [-0.2, -0.15) is 11.8 Å². The summed E-state index contributed by atoms with van der Waals surface area (Å²) >= 11 is 1.91. The third-order valence-electron chi connectivity index (χ3n) is 2.76. The van der Waals surface area contributed by atoms with Crippen LogP contribution < -0.4 is 0 Å². The van der Waals surface area contributed by atoms with Gasteiger partial charge in [-0.15, -0.1) is 0 Å². The van der Waals surface area contributed by atoms with Crippen molar-refractivity contribution in [2.75, 3.05) is 31.6 Å². The molecule has 0 aromatic heterocycles. The summed E-state index contributed by atoms with van der Waals surface area (Å²) in [4.78, 5) is 2.47. The van der Waals surface area contributed by atoms with Crippen LogP contribution in [-0.2, 0) is 0 Å². The smallest absolute Gasteiger partial charge is 0.0644 e. The zero-order valence-corrected chi connectivity index (χ0v) is 9.57. The van der Waals surface area contributed by atoms with Crippen molar-refractivity contribution in [2.24, 2.45) is 0 Å². The fourth-order valence-electron chi connectivity index (χ4n) is 1.69. The molecule has 0 unspecified atom stereocenters. The van der Waals surface area contributed by atoms with Crippen LogP contribution in [-0.4, -0.2) is 47.3 Å². The zero-order chi connectivity index (χ0) is 9.73. The quantitative estimate of drug-likeness (QED) is 0.702. The summed E-state index contributed by atoms with van der Waals surface area (Å²) in [6.45, 7) is 5.30. The van der Waals surface area contributed by atoms with E-state index in [2.05, 4.69) is 11.2 Å². The van der Waals surface area contributed by atoms with E-state index in [1.807, 2.05) is 18.7 Å². The monoisotopic (exact) mass is 203 g/mol. The molecule has 0 aromatic carbocycles. The molecule has 1 aliphatic rings. The van der Waals surface area contributed by atoms with E-state index in [1.54, 1.807) is 0 Å². The number of thioether (sulfide) groups is 1. The van der Waals surface area contributed by atoms with Gasteiger partial charge in [-0.25, -0.2) is 0 Å². The van der Waals surface area contributed by atoms with Gasteiger partial charge in [0.2, 0.25) is 0 Å². The number of likely N-dealkylation sites (tertiary alicyclic amines) is 1. The van der Waals surface area contributed by atoms with Gasteiger partial charge in [0.15, 0.2) is 0 Å². The molecule has 0 radical (unpaired) electrons. The lowest BCUT2D eigenvalue weighted by molar-refractivity contribution is -0.00508. The summed E-state index contributed by atoms with van der Waals surface area (Å²) in [5.41, 5.74) is -0.393. The molecular formula is C10H21NOS. The standard InChI is InChI=1S/C10H21NOS/c1-10(12)4-7-11(8-5-10)6-3-9-13-2/h12H,3-9H2,1-2H3. The molecule has 0 aliphatic carbocycles. The second-order valence-electron chi connectivity index (χ2n) is 4.18. The van der Waals surface area contributed by atoms with E-state index in [4.69, 9.17) is 0 Å². The largest absolute Gasteiger partial charge is 0.390 e. The molecule has 2 nitrogen and oxygen atoms in total. The van der Waals surface area contributed by atoms with E-state index in [0.29, 0.717) is 0 Å². The first-order chi connectivity index (χ1) is 6.14. The highest BCUT2D eigenvalue weighted by Crippen LogP contribution is 2.21. The van der Waals surface area contributed by atoms with E-state index in [9.17, 15) is 5.11 Å². The van der Waals surface area contributed by atoms with Crippen molar-refractivity contribution in [3.63, 3.8) is 0 Å². The van der Waals surface area contributed by atoms with Crippen molar-refractivity contribution in [1.29, 1.82) is 0 Å². The average Bonchev–Trinajstić information content (AvgIpc) is 2.08. The van der Waals surface area contributed by atoms with Gasteiger partial charge in [-0.1, -0.05) is 0 Å². The van der Waals surface area contributed by atoms with Gasteiger partial charge in [0.1, 0.15) is 0 Å². The molecule has 1 saturated heterocycles. The van der Waals surface area contributed by atoms with Crippen LogP contribution in [0.5, 0.6) is 0 Å². The third kappa shape index (κ3) is 4.34. The van der Waals surface area contributed by atoms with Crippen molar-refractivity contribution in [2.45, 2.75) is 31.8 Å². The Balaban J connectivity index is 2.11. The van der Waals surface area contributed by atoms with Crippen LogP contribution in [0.15, 0.2) is 0 Å². The fraction of sp³-hybridized carbons (Fsp3) is 1.00. The molecular weight excluding hydrogens is 182 g/mol. The maximum Gasteiger partial charge on any atom is 0.0644 e. The van der Waals surface area contributed by atoms with Crippen LogP contribution in [0, 0.1) is 0 Å². The molecule has 0 saturated carbocycles. The van der Waals surface area contributed by atoms with E-state index in [0.717, 1.165) is 25.9 Å². The number of piperidine rings is 1. The maximum atomic E-state index is 9.73. The molecule has 13 heavy (non-hydrogen) atoms. The van der Waals surface area contributed by atoms with Crippen LogP contribution in [0.25, 0.3) is 0 Å². The molecule has 0 aromatic rings. The van der Waals surface area contributed by atoms with Gasteiger partial charge < -0.3 is 10.0 Å². The minimum atomic E-state index is -0.393. The van der Waals surface area contributed by atoms with E-state index in [1.165, 1.54) is 18.7 Å². The Morgan fingerprint density at radius 2 is 2.00 bits per heavy atom. The second-order valence-corrected chi connectivity index (χ2v) is 5.17. The van der Waals surface area contributed by atoms with Crippen LogP contribution in [0.2, 0.25) is 0 Å². The van der Waals surface area contributed by atoms with Gasteiger partial charge in [-0.05, 0) is 44.7 Å². The number of nitrogens with zero attached hydrogens (tertiary/aromatic N) is 1. The third-order valence-corrected chi connectivity index (χ3v) is 3.45. The zero-order valence-electron chi connectivity index (χ0n) is 8.75. The topological polar surface area (TPSA) is 23.5 Å². The van der Waals surface area contributed by atoms with E-state index < -0.39 is 5.60 Å². The van der Waals surface area contributed by atoms with E-state index in [-0.39, 0.29) is 0 Å². The van der Waals surface area contributed by atoms with Gasteiger partial charge in [0.05, 0.1) is 5.60 Å². The summed E-state index contributed by atoms with van der Waals surface area (Å²) in [5.74, 6) is 1.26. The molecule has 78 valence electrons. The Bertz CT molecular complexity index is 140. The first kappa shape index (κ1) is 11.3. The average molecular weight is 203 g/mol. The normalized spacial score (nSPS) is 23.3. The first-order valence-corrected chi connectivity index (χ1v) is 6.47. The molecule has 0 spiro atoms. The summed E-state index contributed by atoms with van der Waals surface area (Å²) in [5, 5.41) is 9.73.